The maximum atomic E-state index is 10.8. The van der Waals surface area contributed by atoms with Crippen molar-refractivity contribution in [3.63, 3.8) is 0 Å². The summed E-state index contributed by atoms with van der Waals surface area (Å²) in [4.78, 5) is 14.4. The molecule has 1 aromatic carbocycles. The van der Waals surface area contributed by atoms with Gasteiger partial charge in [-0.15, -0.1) is 0 Å². The summed E-state index contributed by atoms with van der Waals surface area (Å²) in [6.45, 7) is 1.94. The Morgan fingerprint density at radius 1 is 1.40 bits per heavy atom. The van der Waals surface area contributed by atoms with E-state index in [9.17, 15) is 10.1 Å². The van der Waals surface area contributed by atoms with Crippen molar-refractivity contribution in [2.45, 2.75) is 13.0 Å². The first-order valence-corrected chi connectivity index (χ1v) is 6.69. The van der Waals surface area contributed by atoms with Crippen LogP contribution in [0.2, 0.25) is 0 Å². The number of anilines is 2. The van der Waals surface area contributed by atoms with Gasteiger partial charge in [-0.2, -0.15) is 0 Å². The highest BCUT2D eigenvalue weighted by molar-refractivity contribution is 9.10. The number of nitro groups is 1. The Morgan fingerprint density at radius 2 is 2.15 bits per heavy atom. The van der Waals surface area contributed by atoms with Crippen molar-refractivity contribution in [3.8, 4) is 0 Å². The van der Waals surface area contributed by atoms with Crippen LogP contribution in [0.5, 0.6) is 0 Å². The summed E-state index contributed by atoms with van der Waals surface area (Å²) in [6.07, 6.45) is 0. The van der Waals surface area contributed by atoms with Gasteiger partial charge in [-0.3, -0.25) is 10.1 Å². The highest BCUT2D eigenvalue weighted by Crippen LogP contribution is 2.24. The highest BCUT2D eigenvalue weighted by atomic mass is 79.9. The fourth-order valence-electron chi connectivity index (χ4n) is 1.80. The number of benzene rings is 1. The summed E-state index contributed by atoms with van der Waals surface area (Å²) >= 11 is 3.41. The van der Waals surface area contributed by atoms with Crippen LogP contribution in [0.1, 0.15) is 18.5 Å². The zero-order valence-electron chi connectivity index (χ0n) is 10.7. The van der Waals surface area contributed by atoms with Crippen molar-refractivity contribution in [2.75, 3.05) is 11.1 Å². The molecule has 6 nitrogen and oxygen atoms in total. The standard InChI is InChI=1S/C13H13BrN4O2/c1-8(9-3-2-4-10(14)5-9)16-13-7-11(18(19)20)6-12(15)17-13/h2-8H,1H3,(H3,15,16,17). The first-order chi connectivity index (χ1) is 9.45. The van der Waals surface area contributed by atoms with Crippen molar-refractivity contribution < 1.29 is 4.92 Å². The molecule has 0 amide bonds. The lowest BCUT2D eigenvalue weighted by Crippen LogP contribution is -2.09. The Morgan fingerprint density at radius 3 is 2.80 bits per heavy atom. The highest BCUT2D eigenvalue weighted by Gasteiger charge is 2.12. The number of rotatable bonds is 4. The van der Waals surface area contributed by atoms with Crippen LogP contribution < -0.4 is 11.1 Å². The molecule has 2 rings (SSSR count). The van der Waals surface area contributed by atoms with Gasteiger partial charge in [0.1, 0.15) is 11.6 Å². The summed E-state index contributed by atoms with van der Waals surface area (Å²) < 4.78 is 0.968. The van der Waals surface area contributed by atoms with Crippen LogP contribution in [0.3, 0.4) is 0 Å². The molecule has 0 aliphatic carbocycles. The molecule has 0 aliphatic rings. The Kier molecular flexibility index (Phi) is 4.19. The normalized spacial score (nSPS) is 11.9. The molecule has 1 unspecified atom stereocenters. The lowest BCUT2D eigenvalue weighted by molar-refractivity contribution is -0.384. The van der Waals surface area contributed by atoms with E-state index in [1.54, 1.807) is 0 Å². The van der Waals surface area contributed by atoms with Crippen LogP contribution in [-0.2, 0) is 0 Å². The van der Waals surface area contributed by atoms with Gasteiger partial charge in [-0.05, 0) is 24.6 Å². The molecule has 0 radical (unpaired) electrons. The smallest absolute Gasteiger partial charge is 0.276 e. The predicted octanol–water partition coefficient (Wildman–Crippen LogP) is 3.51. The number of halogens is 1. The Labute approximate surface area is 124 Å². The zero-order chi connectivity index (χ0) is 14.7. The van der Waals surface area contributed by atoms with Gasteiger partial charge in [0, 0.05) is 10.5 Å². The average molecular weight is 337 g/mol. The SMILES string of the molecule is CC(Nc1cc([N+](=O)[O-])cc(N)n1)c1cccc(Br)c1. The van der Waals surface area contributed by atoms with Crippen LogP contribution in [0, 0.1) is 10.1 Å². The molecule has 0 bridgehead atoms. The third kappa shape index (κ3) is 3.45. The Bertz CT molecular complexity index is 648. The molecule has 0 saturated carbocycles. The number of hydrogen-bond donors (Lipinski definition) is 2. The molecule has 3 N–H and O–H groups in total. The van der Waals surface area contributed by atoms with Gasteiger partial charge >= 0.3 is 0 Å². The molecule has 0 fully saturated rings. The molecule has 1 heterocycles. The lowest BCUT2D eigenvalue weighted by Gasteiger charge is -2.15. The summed E-state index contributed by atoms with van der Waals surface area (Å²) in [5.41, 5.74) is 6.52. The molecule has 0 aliphatic heterocycles. The van der Waals surface area contributed by atoms with E-state index in [0.29, 0.717) is 5.82 Å². The predicted molar refractivity (Wildman–Crippen MR) is 81.5 cm³/mol. The molecule has 0 saturated heterocycles. The third-order valence-corrected chi connectivity index (χ3v) is 3.25. The first kappa shape index (κ1) is 14.3. The topological polar surface area (TPSA) is 94.1 Å². The van der Waals surface area contributed by atoms with E-state index in [4.69, 9.17) is 5.73 Å². The quantitative estimate of drug-likeness (QED) is 0.658. The lowest BCUT2D eigenvalue weighted by atomic mass is 10.1. The number of nitrogens with two attached hydrogens (primary N) is 1. The fraction of sp³-hybridized carbons (Fsp3) is 0.154. The number of nitrogen functional groups attached to an aromatic ring is 1. The zero-order valence-corrected chi connectivity index (χ0v) is 12.3. The Hall–Kier alpha value is -2.15. The van der Waals surface area contributed by atoms with Gasteiger partial charge in [0.2, 0.25) is 0 Å². The first-order valence-electron chi connectivity index (χ1n) is 5.89. The molecule has 0 spiro atoms. The van der Waals surface area contributed by atoms with E-state index in [0.717, 1.165) is 10.0 Å². The van der Waals surface area contributed by atoms with E-state index in [-0.39, 0.29) is 17.5 Å². The second kappa shape index (κ2) is 5.87. The number of pyridine rings is 1. The van der Waals surface area contributed by atoms with Crippen LogP contribution in [-0.4, -0.2) is 9.91 Å². The molecule has 20 heavy (non-hydrogen) atoms. The third-order valence-electron chi connectivity index (χ3n) is 2.75. The van der Waals surface area contributed by atoms with Gasteiger partial charge in [0.05, 0.1) is 17.1 Å². The van der Waals surface area contributed by atoms with Crippen LogP contribution in [0.15, 0.2) is 40.9 Å². The summed E-state index contributed by atoms with van der Waals surface area (Å²) in [6, 6.07) is 10.3. The minimum atomic E-state index is -0.493. The molecule has 7 heteroatoms. The maximum Gasteiger partial charge on any atom is 0.276 e. The minimum absolute atomic E-state index is 0.0543. The van der Waals surface area contributed by atoms with Crippen molar-refractivity contribution >= 4 is 33.3 Å². The van der Waals surface area contributed by atoms with Crippen LogP contribution >= 0.6 is 15.9 Å². The van der Waals surface area contributed by atoms with Crippen molar-refractivity contribution in [1.82, 2.24) is 4.98 Å². The molecular formula is C13H13BrN4O2. The van der Waals surface area contributed by atoms with Gasteiger partial charge in [0.15, 0.2) is 0 Å². The molecule has 2 aromatic rings. The van der Waals surface area contributed by atoms with Gasteiger partial charge in [-0.25, -0.2) is 4.98 Å². The molecular weight excluding hydrogens is 324 g/mol. The maximum absolute atomic E-state index is 10.8. The molecule has 1 aromatic heterocycles. The summed E-state index contributed by atoms with van der Waals surface area (Å²) in [5, 5.41) is 13.9. The van der Waals surface area contributed by atoms with Crippen LogP contribution in [0.25, 0.3) is 0 Å². The van der Waals surface area contributed by atoms with E-state index in [2.05, 4.69) is 26.2 Å². The number of nitrogens with zero attached hydrogens (tertiary/aromatic N) is 2. The van der Waals surface area contributed by atoms with E-state index < -0.39 is 4.92 Å². The van der Waals surface area contributed by atoms with Gasteiger partial charge < -0.3 is 11.1 Å². The number of hydrogen-bond acceptors (Lipinski definition) is 5. The number of nitrogens with one attached hydrogen (secondary N) is 1. The molecule has 1 atom stereocenters. The Balaban J connectivity index is 2.23. The van der Waals surface area contributed by atoms with Crippen LogP contribution in [0.4, 0.5) is 17.3 Å². The van der Waals surface area contributed by atoms with Gasteiger partial charge in [-0.1, -0.05) is 28.1 Å². The second-order valence-electron chi connectivity index (χ2n) is 4.31. The average Bonchev–Trinajstić information content (AvgIpc) is 2.37. The minimum Gasteiger partial charge on any atom is -0.383 e. The van der Waals surface area contributed by atoms with Gasteiger partial charge in [0.25, 0.3) is 5.69 Å². The fourth-order valence-corrected chi connectivity index (χ4v) is 2.21. The second-order valence-corrected chi connectivity index (χ2v) is 5.23. The number of aromatic nitrogens is 1. The largest absolute Gasteiger partial charge is 0.383 e. The monoisotopic (exact) mass is 336 g/mol. The van der Waals surface area contributed by atoms with Crippen molar-refractivity contribution in [2.24, 2.45) is 0 Å². The van der Waals surface area contributed by atoms with E-state index >= 15 is 0 Å². The van der Waals surface area contributed by atoms with Crippen molar-refractivity contribution in [1.29, 1.82) is 0 Å². The summed E-state index contributed by atoms with van der Waals surface area (Å²) in [7, 11) is 0. The van der Waals surface area contributed by atoms with E-state index in [1.807, 2.05) is 31.2 Å². The summed E-state index contributed by atoms with van der Waals surface area (Å²) in [5.74, 6) is 0.493. The van der Waals surface area contributed by atoms with E-state index in [1.165, 1.54) is 12.1 Å². The molecule has 104 valence electrons. The van der Waals surface area contributed by atoms with Crippen molar-refractivity contribution in [3.05, 3.63) is 56.5 Å².